The summed E-state index contributed by atoms with van der Waals surface area (Å²) in [6, 6.07) is 15.0. The maximum atomic E-state index is 12.5. The predicted molar refractivity (Wildman–Crippen MR) is 95.1 cm³/mol. The minimum atomic E-state index is -0.127. The molecule has 1 fully saturated rings. The molecule has 0 radical (unpaired) electrons. The summed E-state index contributed by atoms with van der Waals surface area (Å²) in [7, 11) is 0. The summed E-state index contributed by atoms with van der Waals surface area (Å²) < 4.78 is 0. The first-order valence-corrected chi connectivity index (χ1v) is 8.56. The molecule has 0 saturated carbocycles. The molecule has 0 spiro atoms. The summed E-state index contributed by atoms with van der Waals surface area (Å²) in [5.74, 6) is 0.829. The fourth-order valence-electron chi connectivity index (χ4n) is 2.29. The van der Waals surface area contributed by atoms with Gasteiger partial charge in [0.05, 0.1) is 10.1 Å². The van der Waals surface area contributed by atoms with Crippen LogP contribution in [0.5, 0.6) is 0 Å². The molecule has 0 N–H and O–H groups in total. The normalized spacial score (nSPS) is 16.3. The molecule has 0 unspecified atom stereocenters. The first kappa shape index (κ1) is 15.5. The van der Waals surface area contributed by atoms with Crippen LogP contribution in [0.1, 0.15) is 10.4 Å². The molecule has 2 aromatic rings. The van der Waals surface area contributed by atoms with E-state index in [1.54, 1.807) is 36.0 Å². The number of carbonyl (C=O) groups is 1. The van der Waals surface area contributed by atoms with Crippen molar-refractivity contribution in [3.8, 4) is 0 Å². The van der Waals surface area contributed by atoms with Gasteiger partial charge in [-0.2, -0.15) is 0 Å². The molecule has 0 aliphatic carbocycles. The monoisotopic (exact) mass is 349 g/mol. The molecule has 1 heterocycles. The number of rotatable bonds is 3. The Kier molecular flexibility index (Phi) is 4.77. The number of carbonyl (C=O) groups excluding carboxylic acids is 1. The Morgan fingerprint density at radius 2 is 1.91 bits per heavy atom. The highest BCUT2D eigenvalue weighted by molar-refractivity contribution is 8.03. The van der Waals surface area contributed by atoms with Gasteiger partial charge in [-0.25, -0.2) is 0 Å². The average Bonchev–Trinajstić information content (AvgIpc) is 2.98. The zero-order chi connectivity index (χ0) is 15.5. The van der Waals surface area contributed by atoms with E-state index in [-0.39, 0.29) is 5.78 Å². The molecule has 0 bridgehead atoms. The number of allylic oxidation sites excluding steroid dienone is 1. The topological polar surface area (TPSA) is 20.3 Å². The van der Waals surface area contributed by atoms with E-state index in [2.05, 4.69) is 4.90 Å². The van der Waals surface area contributed by atoms with Crippen molar-refractivity contribution >= 4 is 46.4 Å². The SMILES string of the molecule is O=C(/C=C1\SCCN1c1ccccc1)c1cc(Cl)ccc1Cl. The van der Waals surface area contributed by atoms with Crippen LogP contribution in [0.2, 0.25) is 10.0 Å². The van der Waals surface area contributed by atoms with Crippen LogP contribution in [0, 0.1) is 0 Å². The van der Waals surface area contributed by atoms with Gasteiger partial charge in [0.25, 0.3) is 0 Å². The summed E-state index contributed by atoms with van der Waals surface area (Å²) in [5.41, 5.74) is 1.52. The van der Waals surface area contributed by atoms with E-state index in [9.17, 15) is 4.79 Å². The van der Waals surface area contributed by atoms with Crippen LogP contribution in [0.3, 0.4) is 0 Å². The summed E-state index contributed by atoms with van der Waals surface area (Å²) >= 11 is 13.7. The third-order valence-corrected chi connectivity index (χ3v) is 4.93. The number of halogens is 2. The summed E-state index contributed by atoms with van der Waals surface area (Å²) in [6.45, 7) is 0.886. The van der Waals surface area contributed by atoms with Gasteiger partial charge in [0, 0.05) is 34.6 Å². The molecule has 1 aliphatic rings. The maximum absolute atomic E-state index is 12.5. The molecule has 0 atom stereocenters. The van der Waals surface area contributed by atoms with Gasteiger partial charge in [-0.1, -0.05) is 41.4 Å². The lowest BCUT2D eigenvalue weighted by Gasteiger charge is -2.18. The van der Waals surface area contributed by atoms with Gasteiger partial charge < -0.3 is 4.90 Å². The lowest BCUT2D eigenvalue weighted by Crippen LogP contribution is -2.17. The van der Waals surface area contributed by atoms with Crippen molar-refractivity contribution in [3.63, 3.8) is 0 Å². The van der Waals surface area contributed by atoms with Crippen LogP contribution >= 0.6 is 35.0 Å². The molecule has 0 aromatic heterocycles. The van der Waals surface area contributed by atoms with Crippen LogP contribution in [0.15, 0.2) is 59.6 Å². The summed E-state index contributed by atoms with van der Waals surface area (Å²) in [5, 5.41) is 1.86. The van der Waals surface area contributed by atoms with Crippen molar-refractivity contribution in [2.75, 3.05) is 17.2 Å². The Morgan fingerprint density at radius 3 is 2.68 bits per heavy atom. The number of thioether (sulfide) groups is 1. The van der Waals surface area contributed by atoms with E-state index in [1.165, 1.54) is 0 Å². The number of hydrogen-bond acceptors (Lipinski definition) is 3. The first-order chi connectivity index (χ1) is 10.6. The van der Waals surface area contributed by atoms with Crippen LogP contribution < -0.4 is 4.90 Å². The standard InChI is InChI=1S/C17H13Cl2NOS/c18-12-6-7-15(19)14(10-12)16(21)11-17-20(8-9-22-17)13-4-2-1-3-5-13/h1-7,10-11H,8-9H2/b17-11-. The average molecular weight is 350 g/mol. The van der Waals surface area contributed by atoms with Gasteiger partial charge in [-0.15, -0.1) is 11.8 Å². The van der Waals surface area contributed by atoms with Gasteiger partial charge >= 0.3 is 0 Å². The summed E-state index contributed by atoms with van der Waals surface area (Å²) in [4.78, 5) is 14.6. The van der Waals surface area contributed by atoms with E-state index < -0.39 is 0 Å². The second-order valence-electron chi connectivity index (χ2n) is 4.81. The number of benzene rings is 2. The fourth-order valence-corrected chi connectivity index (χ4v) is 3.70. The molecule has 1 aliphatic heterocycles. The minimum Gasteiger partial charge on any atom is -0.335 e. The van der Waals surface area contributed by atoms with Crippen molar-refractivity contribution in [1.29, 1.82) is 0 Å². The molecule has 22 heavy (non-hydrogen) atoms. The van der Waals surface area contributed by atoms with Crippen LogP contribution in [0.25, 0.3) is 0 Å². The van der Waals surface area contributed by atoms with Crippen molar-refractivity contribution in [2.45, 2.75) is 0 Å². The van der Waals surface area contributed by atoms with Crippen molar-refractivity contribution in [1.82, 2.24) is 0 Å². The molecule has 1 saturated heterocycles. The van der Waals surface area contributed by atoms with Crippen LogP contribution in [0.4, 0.5) is 5.69 Å². The number of para-hydroxylation sites is 1. The smallest absolute Gasteiger partial charge is 0.190 e. The molecule has 2 nitrogen and oxygen atoms in total. The van der Waals surface area contributed by atoms with Crippen LogP contribution in [-0.2, 0) is 0 Å². The number of anilines is 1. The largest absolute Gasteiger partial charge is 0.335 e. The lowest BCUT2D eigenvalue weighted by atomic mass is 10.1. The second kappa shape index (κ2) is 6.78. The highest BCUT2D eigenvalue weighted by Gasteiger charge is 2.21. The Bertz CT molecular complexity index is 731. The molecule has 5 heteroatoms. The highest BCUT2D eigenvalue weighted by atomic mass is 35.5. The maximum Gasteiger partial charge on any atom is 0.190 e. The summed E-state index contributed by atoms with van der Waals surface area (Å²) in [6.07, 6.45) is 1.64. The van der Waals surface area contributed by atoms with E-state index >= 15 is 0 Å². The molecular formula is C17H13Cl2NOS. The molecular weight excluding hydrogens is 337 g/mol. The van der Waals surface area contributed by atoms with Gasteiger partial charge in [-0.05, 0) is 30.3 Å². The Balaban J connectivity index is 1.90. The fraction of sp³-hybridized carbons (Fsp3) is 0.118. The van der Waals surface area contributed by atoms with E-state index in [4.69, 9.17) is 23.2 Å². The van der Waals surface area contributed by atoms with Crippen LogP contribution in [-0.4, -0.2) is 18.1 Å². The lowest BCUT2D eigenvalue weighted by molar-refractivity contribution is 0.104. The zero-order valence-electron chi connectivity index (χ0n) is 11.6. The highest BCUT2D eigenvalue weighted by Crippen LogP contribution is 2.33. The van der Waals surface area contributed by atoms with E-state index in [1.807, 2.05) is 30.3 Å². The van der Waals surface area contributed by atoms with Crippen molar-refractivity contribution in [3.05, 3.63) is 75.2 Å². The Hall–Kier alpha value is -1.42. The van der Waals surface area contributed by atoms with Gasteiger partial charge in [-0.3, -0.25) is 4.79 Å². The van der Waals surface area contributed by atoms with Gasteiger partial charge in [0.2, 0.25) is 0 Å². The number of hydrogen-bond donors (Lipinski definition) is 0. The molecule has 2 aromatic carbocycles. The van der Waals surface area contributed by atoms with Crippen molar-refractivity contribution < 1.29 is 4.79 Å². The second-order valence-corrected chi connectivity index (χ2v) is 6.77. The van der Waals surface area contributed by atoms with E-state index in [0.29, 0.717) is 15.6 Å². The zero-order valence-corrected chi connectivity index (χ0v) is 14.0. The van der Waals surface area contributed by atoms with Gasteiger partial charge in [0.1, 0.15) is 0 Å². The Labute approximate surface area is 143 Å². The third kappa shape index (κ3) is 3.32. The number of ketones is 1. The molecule has 112 valence electrons. The Morgan fingerprint density at radius 1 is 1.14 bits per heavy atom. The van der Waals surface area contributed by atoms with Gasteiger partial charge in [0.15, 0.2) is 5.78 Å². The first-order valence-electron chi connectivity index (χ1n) is 6.81. The van der Waals surface area contributed by atoms with E-state index in [0.717, 1.165) is 23.0 Å². The predicted octanol–water partition coefficient (Wildman–Crippen LogP) is 5.27. The molecule has 0 amide bonds. The third-order valence-electron chi connectivity index (χ3n) is 3.35. The number of nitrogens with zero attached hydrogens (tertiary/aromatic N) is 1. The minimum absolute atomic E-state index is 0.127. The molecule has 3 rings (SSSR count). The van der Waals surface area contributed by atoms with Crippen molar-refractivity contribution in [2.24, 2.45) is 0 Å². The quantitative estimate of drug-likeness (QED) is 0.556.